The van der Waals surface area contributed by atoms with Crippen molar-refractivity contribution in [2.75, 3.05) is 7.18 Å². The van der Waals surface area contributed by atoms with E-state index in [9.17, 15) is 4.39 Å². The lowest BCUT2D eigenvalue weighted by molar-refractivity contribution is 0.562. The molecule has 0 saturated carbocycles. The maximum Gasteiger partial charge on any atom is 0.231 e. The van der Waals surface area contributed by atoms with Gasteiger partial charge >= 0.3 is 0 Å². The summed E-state index contributed by atoms with van der Waals surface area (Å²) in [4.78, 5) is 16.7. The largest absolute Gasteiger partial charge is 0.255 e. The summed E-state index contributed by atoms with van der Waals surface area (Å²) in [5, 5.41) is 10.8. The number of hydrogen-bond acceptors (Lipinski definition) is 4. The molecule has 5 heteroatoms. The molecule has 0 aliphatic carbocycles. The summed E-state index contributed by atoms with van der Waals surface area (Å²) in [5.74, 6) is 0. The summed E-state index contributed by atoms with van der Waals surface area (Å²) in [6, 6.07) is 0. The molecule has 0 aromatic heterocycles. The zero-order valence-corrected chi connectivity index (χ0v) is 4.19. The first-order chi connectivity index (χ1) is 3.83. The van der Waals surface area contributed by atoms with Crippen molar-refractivity contribution in [1.29, 1.82) is 10.8 Å². The van der Waals surface area contributed by atoms with Gasteiger partial charge in [-0.2, -0.15) is 0 Å². The fraction of sp³-hybridized carbons (Fsp3) is 0.333. The third-order valence-electron chi connectivity index (χ3n) is 0. The minimum absolute atomic E-state index is 0.500. The van der Waals surface area contributed by atoms with Crippen LogP contribution in [0.4, 0.5) is 4.39 Å². The van der Waals surface area contributed by atoms with Crippen LogP contribution in [0.15, 0.2) is 0 Å². The van der Waals surface area contributed by atoms with Gasteiger partial charge in [-0.25, -0.2) is 20.4 Å². The molecular weight excluding hydrogens is 115 g/mol. The average molecular weight is 120 g/mol. The van der Waals surface area contributed by atoms with E-state index >= 15 is 0 Å². The molecular formula is C3H5FN2O2. The second-order valence-electron chi connectivity index (χ2n) is 0.204. The van der Waals surface area contributed by atoms with E-state index in [2.05, 4.69) is 0 Å². The minimum Gasteiger partial charge on any atom is -0.255 e. The van der Waals surface area contributed by atoms with Crippen LogP contribution in [-0.2, 0) is 9.59 Å². The van der Waals surface area contributed by atoms with Crippen molar-refractivity contribution in [3.8, 4) is 0 Å². The number of halogens is 1. The Kier molecular flexibility index (Phi) is 523. The van der Waals surface area contributed by atoms with Gasteiger partial charge in [0.25, 0.3) is 0 Å². The monoisotopic (exact) mass is 120 g/mol. The highest BCUT2D eigenvalue weighted by Crippen LogP contribution is 1.16. The van der Waals surface area contributed by atoms with Crippen molar-refractivity contribution in [3.05, 3.63) is 0 Å². The van der Waals surface area contributed by atoms with Gasteiger partial charge < -0.3 is 0 Å². The van der Waals surface area contributed by atoms with Crippen LogP contribution in [0, 0.1) is 10.8 Å². The standard InChI is InChI=1S/CH3F.2CHNO/c1-2;2*2-1-3/h1H3;2*2H. The Hall–Kier alpha value is -1.31. The molecule has 46 valence electrons. The van der Waals surface area contributed by atoms with Crippen molar-refractivity contribution in [3.63, 3.8) is 0 Å². The number of isocyanates is 2. The summed E-state index contributed by atoms with van der Waals surface area (Å²) in [6.45, 7) is 0. The zero-order valence-electron chi connectivity index (χ0n) is 4.19. The number of carbonyl (C=O) groups excluding carboxylic acids is 2. The molecule has 0 heterocycles. The Morgan fingerprint density at radius 3 is 1.12 bits per heavy atom. The lowest BCUT2D eigenvalue weighted by atomic mass is 11.7. The Bertz CT molecular complexity index is 69.3. The lowest BCUT2D eigenvalue weighted by Crippen LogP contribution is -1.16. The smallest absolute Gasteiger partial charge is 0.231 e. The van der Waals surface area contributed by atoms with E-state index in [0.717, 1.165) is 12.2 Å². The fourth-order valence-corrected chi connectivity index (χ4v) is 0. The molecule has 0 aromatic rings. The Morgan fingerprint density at radius 1 is 1.12 bits per heavy atom. The van der Waals surface area contributed by atoms with Gasteiger partial charge in [0.05, 0.1) is 7.18 Å². The van der Waals surface area contributed by atoms with Gasteiger partial charge in [-0.15, -0.1) is 0 Å². The second kappa shape index (κ2) is 263. The molecule has 2 N–H and O–H groups in total. The van der Waals surface area contributed by atoms with Gasteiger partial charge in [-0.3, -0.25) is 4.39 Å². The van der Waals surface area contributed by atoms with Crippen molar-refractivity contribution in [2.45, 2.75) is 0 Å². The van der Waals surface area contributed by atoms with Crippen molar-refractivity contribution in [1.82, 2.24) is 0 Å². The normalized spacial score (nSPS) is 2.75. The van der Waals surface area contributed by atoms with Gasteiger partial charge in [-0.05, 0) is 0 Å². The lowest BCUT2D eigenvalue weighted by Gasteiger charge is -1.10. The molecule has 0 rings (SSSR count). The molecule has 0 radical (unpaired) electrons. The van der Waals surface area contributed by atoms with E-state index in [-0.39, 0.29) is 0 Å². The van der Waals surface area contributed by atoms with E-state index in [1.165, 1.54) is 0 Å². The van der Waals surface area contributed by atoms with Gasteiger partial charge in [-0.1, -0.05) is 0 Å². The molecule has 0 aliphatic rings. The predicted octanol–water partition coefficient (Wildman–Crippen LogP) is 0.388. The highest BCUT2D eigenvalue weighted by atomic mass is 19.1. The van der Waals surface area contributed by atoms with Crippen LogP contribution in [0.2, 0.25) is 0 Å². The Morgan fingerprint density at radius 2 is 1.12 bits per heavy atom. The number of alkyl halides is 1. The average Bonchev–Trinajstić information content (AvgIpc) is 1.75. The van der Waals surface area contributed by atoms with Gasteiger partial charge in [0.1, 0.15) is 0 Å². The molecule has 4 nitrogen and oxygen atoms in total. The fourth-order valence-electron chi connectivity index (χ4n) is 0. The third kappa shape index (κ3) is 37.2. The Labute approximate surface area is 45.3 Å². The zero-order chi connectivity index (χ0) is 7.41. The Balaban J connectivity index is -0.0000000483. The van der Waals surface area contributed by atoms with Crippen LogP contribution in [0.3, 0.4) is 0 Å². The minimum atomic E-state index is 0.500. The molecule has 0 unspecified atom stereocenters. The summed E-state index contributed by atoms with van der Waals surface area (Å²) in [6.07, 6.45) is 1.50. The number of rotatable bonds is 0. The van der Waals surface area contributed by atoms with Crippen LogP contribution in [-0.4, -0.2) is 19.3 Å². The molecule has 0 aliphatic heterocycles. The van der Waals surface area contributed by atoms with E-state index < -0.39 is 0 Å². The maximum absolute atomic E-state index is 9.50. The second-order valence-corrected chi connectivity index (χ2v) is 0.204. The molecule has 0 fully saturated rings. The molecule has 0 amide bonds. The highest BCUT2D eigenvalue weighted by molar-refractivity contribution is 5.26. The first-order valence-electron chi connectivity index (χ1n) is 1.29. The maximum atomic E-state index is 9.50. The van der Waals surface area contributed by atoms with Crippen LogP contribution in [0.5, 0.6) is 0 Å². The topological polar surface area (TPSA) is 81.8 Å². The van der Waals surface area contributed by atoms with E-state index in [4.69, 9.17) is 20.4 Å². The molecule has 0 spiro atoms. The van der Waals surface area contributed by atoms with Crippen LogP contribution < -0.4 is 0 Å². The van der Waals surface area contributed by atoms with Gasteiger partial charge in [0.2, 0.25) is 12.2 Å². The molecule has 8 heavy (non-hydrogen) atoms. The third-order valence-corrected chi connectivity index (χ3v) is 0. The molecule has 0 atom stereocenters. The molecule has 0 aromatic carbocycles. The summed E-state index contributed by atoms with van der Waals surface area (Å²) >= 11 is 0. The van der Waals surface area contributed by atoms with Crippen LogP contribution in [0.25, 0.3) is 0 Å². The summed E-state index contributed by atoms with van der Waals surface area (Å²) in [5.41, 5.74) is 0. The quantitative estimate of drug-likeness (QED) is 0.358. The van der Waals surface area contributed by atoms with Gasteiger partial charge in [0.15, 0.2) is 0 Å². The van der Waals surface area contributed by atoms with Gasteiger partial charge in [0, 0.05) is 0 Å². The van der Waals surface area contributed by atoms with Crippen LogP contribution in [0.1, 0.15) is 0 Å². The number of hydrogen-bond donors (Lipinski definition) is 2. The van der Waals surface area contributed by atoms with Crippen molar-refractivity contribution < 1.29 is 14.0 Å². The number of nitrogens with one attached hydrogen (secondary N) is 2. The predicted molar refractivity (Wildman–Crippen MR) is 23.9 cm³/mol. The first kappa shape index (κ1) is 15.9. The van der Waals surface area contributed by atoms with E-state index in [1.54, 1.807) is 0 Å². The summed E-state index contributed by atoms with van der Waals surface area (Å²) in [7, 11) is 0.500. The van der Waals surface area contributed by atoms with Crippen LogP contribution >= 0.6 is 0 Å². The molecule has 0 saturated heterocycles. The van der Waals surface area contributed by atoms with Crippen molar-refractivity contribution >= 4 is 12.2 Å². The SMILES string of the molecule is CF.N=C=O.N=C=O. The van der Waals surface area contributed by atoms with E-state index in [1.807, 2.05) is 0 Å². The van der Waals surface area contributed by atoms with Crippen molar-refractivity contribution in [2.24, 2.45) is 0 Å². The van der Waals surface area contributed by atoms with E-state index in [0.29, 0.717) is 7.18 Å². The molecule has 0 bridgehead atoms. The summed E-state index contributed by atoms with van der Waals surface area (Å²) < 4.78 is 9.50. The first-order valence-corrected chi connectivity index (χ1v) is 1.29. The highest BCUT2D eigenvalue weighted by Gasteiger charge is 1.04.